The molecule has 2 nitrogen and oxygen atoms in total. The van der Waals surface area contributed by atoms with Gasteiger partial charge in [0.25, 0.3) is 0 Å². The Balaban J connectivity index is 0.000000113. The van der Waals surface area contributed by atoms with Crippen molar-refractivity contribution in [3.05, 3.63) is 10.6 Å². The highest BCUT2D eigenvalue weighted by molar-refractivity contribution is 5.22. The standard InChI is InChI=1S/2C15H24N/c1-2-6-11-10(5-1)9-13-12-7-3-4-8-14(12)16-15(11)13;1-2-6-11-10(5-1)9-14-15(11)12-7-3-4-8-13(12)16-14/h2*10-15H,1-9H2/q2*-1. The molecule has 32 heavy (non-hydrogen) atoms. The zero-order valence-electron chi connectivity index (χ0n) is 20.6. The minimum absolute atomic E-state index is 0.798. The van der Waals surface area contributed by atoms with Crippen molar-refractivity contribution in [3.8, 4) is 0 Å². The first-order valence-electron chi connectivity index (χ1n) is 15.3. The van der Waals surface area contributed by atoms with Crippen molar-refractivity contribution in [1.29, 1.82) is 0 Å². The summed E-state index contributed by atoms with van der Waals surface area (Å²) in [6, 6.07) is 3.22. The van der Waals surface area contributed by atoms with Crippen LogP contribution in [0.5, 0.6) is 0 Å². The molecule has 0 bridgehead atoms. The van der Waals surface area contributed by atoms with Crippen LogP contribution in [0.2, 0.25) is 0 Å². The van der Waals surface area contributed by atoms with Gasteiger partial charge in [-0.2, -0.15) is 0 Å². The van der Waals surface area contributed by atoms with Crippen molar-refractivity contribution in [2.75, 3.05) is 0 Å². The molecule has 6 saturated carbocycles. The Hall–Kier alpha value is -0.0800. The minimum atomic E-state index is 0.798. The fourth-order valence-corrected chi connectivity index (χ4v) is 11.1. The molecule has 0 aromatic carbocycles. The Morgan fingerprint density at radius 3 is 1.72 bits per heavy atom. The lowest BCUT2D eigenvalue weighted by Crippen LogP contribution is -2.30. The van der Waals surface area contributed by atoms with E-state index in [0.717, 1.165) is 71.5 Å². The molecule has 2 saturated heterocycles. The van der Waals surface area contributed by atoms with Crippen LogP contribution in [0, 0.1) is 47.3 Å². The van der Waals surface area contributed by atoms with Gasteiger partial charge in [-0.15, -0.1) is 24.2 Å². The third-order valence-electron chi connectivity index (χ3n) is 12.2. The maximum atomic E-state index is 5.26. The van der Waals surface area contributed by atoms with E-state index in [-0.39, 0.29) is 0 Å². The lowest BCUT2D eigenvalue weighted by Gasteiger charge is -2.40. The van der Waals surface area contributed by atoms with Gasteiger partial charge in [-0.05, 0) is 30.6 Å². The largest absolute Gasteiger partial charge is 0.656 e. The number of hydrogen-bond donors (Lipinski definition) is 0. The summed E-state index contributed by atoms with van der Waals surface area (Å²) in [5.41, 5.74) is 0. The second-order valence-corrected chi connectivity index (χ2v) is 13.5. The van der Waals surface area contributed by atoms with E-state index in [9.17, 15) is 0 Å². The van der Waals surface area contributed by atoms with Crippen molar-refractivity contribution < 1.29 is 0 Å². The molecule has 2 heteroatoms. The van der Waals surface area contributed by atoms with Crippen molar-refractivity contribution in [1.82, 2.24) is 0 Å². The van der Waals surface area contributed by atoms with Gasteiger partial charge in [0.2, 0.25) is 0 Å². The van der Waals surface area contributed by atoms with Gasteiger partial charge in [0.1, 0.15) is 0 Å². The quantitative estimate of drug-likeness (QED) is 0.365. The summed E-state index contributed by atoms with van der Waals surface area (Å²) >= 11 is 0. The molecule has 12 unspecified atom stereocenters. The van der Waals surface area contributed by atoms with E-state index >= 15 is 0 Å². The van der Waals surface area contributed by atoms with E-state index in [4.69, 9.17) is 10.6 Å². The fraction of sp³-hybridized carbons (Fsp3) is 1.00. The monoisotopic (exact) mass is 436 g/mol. The van der Waals surface area contributed by atoms with Crippen LogP contribution in [0.3, 0.4) is 0 Å². The summed E-state index contributed by atoms with van der Waals surface area (Å²) in [5.74, 6) is 8.37. The topological polar surface area (TPSA) is 28.2 Å². The fourth-order valence-electron chi connectivity index (χ4n) is 11.1. The van der Waals surface area contributed by atoms with E-state index in [0.29, 0.717) is 0 Å². The van der Waals surface area contributed by atoms with E-state index in [1.807, 2.05) is 0 Å². The second-order valence-electron chi connectivity index (χ2n) is 13.5. The molecule has 2 heterocycles. The highest BCUT2D eigenvalue weighted by Crippen LogP contribution is 2.60. The SMILES string of the molecule is C1CCC2C(C1)CC1C3CCCCC3[N-]C21.C1CCC2C(C1)CC1[N-]C3CCCCC3C12. The zero-order chi connectivity index (χ0) is 21.1. The molecular weight excluding hydrogens is 388 g/mol. The van der Waals surface area contributed by atoms with Crippen LogP contribution in [0.25, 0.3) is 10.6 Å². The third kappa shape index (κ3) is 3.55. The number of fused-ring (bicyclic) bond motifs is 10. The van der Waals surface area contributed by atoms with Gasteiger partial charge < -0.3 is 10.6 Å². The predicted octanol–water partition coefficient (Wildman–Crippen LogP) is 8.25. The molecule has 12 atom stereocenters. The van der Waals surface area contributed by atoms with E-state index in [1.54, 1.807) is 12.8 Å². The van der Waals surface area contributed by atoms with E-state index < -0.39 is 0 Å². The van der Waals surface area contributed by atoms with Gasteiger partial charge in [0, 0.05) is 0 Å². The Morgan fingerprint density at radius 1 is 0.375 bits per heavy atom. The molecule has 0 spiro atoms. The molecule has 180 valence electrons. The van der Waals surface area contributed by atoms with E-state index in [1.165, 1.54) is 103 Å². The Kier molecular flexibility index (Phi) is 5.87. The van der Waals surface area contributed by atoms with E-state index in [2.05, 4.69) is 0 Å². The molecular formula is C30H48N2-2. The normalized spacial score (nSPS) is 55.5. The van der Waals surface area contributed by atoms with Crippen molar-refractivity contribution in [2.24, 2.45) is 47.3 Å². The summed E-state index contributed by atoms with van der Waals surface area (Å²) in [5, 5.41) is 10.5. The van der Waals surface area contributed by atoms with Crippen LogP contribution in [-0.2, 0) is 0 Å². The molecule has 8 rings (SSSR count). The summed E-state index contributed by atoms with van der Waals surface area (Å²) in [6.07, 6.45) is 27.0. The summed E-state index contributed by atoms with van der Waals surface area (Å²) < 4.78 is 0. The minimum Gasteiger partial charge on any atom is -0.656 e. The highest BCUT2D eigenvalue weighted by atomic mass is 15.0. The first kappa shape index (κ1) is 21.2. The average molecular weight is 437 g/mol. The van der Waals surface area contributed by atoms with Crippen LogP contribution in [0.15, 0.2) is 0 Å². The first-order chi connectivity index (χ1) is 15.9. The molecule has 0 radical (unpaired) electrons. The highest BCUT2D eigenvalue weighted by Gasteiger charge is 2.48. The second kappa shape index (κ2) is 8.85. The Labute approximate surface area is 197 Å². The van der Waals surface area contributed by atoms with Crippen molar-refractivity contribution in [2.45, 2.75) is 140 Å². The molecule has 0 aromatic rings. The van der Waals surface area contributed by atoms with Crippen LogP contribution in [0.1, 0.15) is 116 Å². The summed E-state index contributed by atoms with van der Waals surface area (Å²) in [4.78, 5) is 0. The van der Waals surface area contributed by atoms with Gasteiger partial charge >= 0.3 is 0 Å². The summed E-state index contributed by atoms with van der Waals surface area (Å²) in [6.45, 7) is 0. The Morgan fingerprint density at radius 2 is 0.938 bits per heavy atom. The first-order valence-corrected chi connectivity index (χ1v) is 15.3. The smallest absolute Gasteiger partial charge is 0.0370 e. The lowest BCUT2D eigenvalue weighted by molar-refractivity contribution is 0.163. The molecule has 6 aliphatic carbocycles. The Bertz CT molecular complexity index is 603. The van der Waals surface area contributed by atoms with Crippen LogP contribution < -0.4 is 0 Å². The molecule has 8 aliphatic rings. The maximum absolute atomic E-state index is 5.26. The molecule has 0 amide bonds. The summed E-state index contributed by atoms with van der Waals surface area (Å²) in [7, 11) is 0. The van der Waals surface area contributed by atoms with Crippen LogP contribution in [-0.4, -0.2) is 24.2 Å². The van der Waals surface area contributed by atoms with Gasteiger partial charge in [0.15, 0.2) is 0 Å². The number of nitrogens with zero attached hydrogens (tertiary/aromatic N) is 2. The predicted molar refractivity (Wildman–Crippen MR) is 133 cm³/mol. The number of hydrogen-bond acceptors (Lipinski definition) is 0. The maximum Gasteiger partial charge on any atom is -0.0370 e. The van der Waals surface area contributed by atoms with Gasteiger partial charge in [-0.1, -0.05) is 132 Å². The molecule has 0 aromatic heterocycles. The third-order valence-corrected chi connectivity index (χ3v) is 12.2. The zero-order valence-corrected chi connectivity index (χ0v) is 20.6. The molecule has 0 N–H and O–H groups in total. The van der Waals surface area contributed by atoms with Gasteiger partial charge in [-0.25, -0.2) is 0 Å². The lowest BCUT2D eigenvalue weighted by atomic mass is 9.70. The number of rotatable bonds is 0. The molecule has 2 aliphatic heterocycles. The van der Waals surface area contributed by atoms with Gasteiger partial charge in [0.05, 0.1) is 0 Å². The molecule has 8 fully saturated rings. The van der Waals surface area contributed by atoms with Crippen LogP contribution in [0.4, 0.5) is 0 Å². The van der Waals surface area contributed by atoms with Crippen molar-refractivity contribution >= 4 is 0 Å². The van der Waals surface area contributed by atoms with Crippen molar-refractivity contribution in [3.63, 3.8) is 0 Å². The average Bonchev–Trinajstić information content (AvgIpc) is 3.56. The van der Waals surface area contributed by atoms with Gasteiger partial charge in [-0.3, -0.25) is 0 Å². The van der Waals surface area contributed by atoms with Crippen LogP contribution >= 0.6 is 0 Å².